The van der Waals surface area contributed by atoms with Crippen molar-refractivity contribution in [3.05, 3.63) is 30.3 Å². The number of amides is 1. The first-order chi connectivity index (χ1) is 7.33. The fraction of sp³-hybridized carbons (Fsp3) is 0.417. The number of hydrogen-bond donors (Lipinski definition) is 1. The Hall–Kier alpha value is -1.35. The standard InChI is InChI=1S/C12H15NO2/c14-9-10-5-4-8-13(12(10)15)11-6-2-1-3-7-11/h1-3,6-7,10,14H,4-5,8-9H2. The van der Waals surface area contributed by atoms with Crippen LogP contribution in [0.2, 0.25) is 0 Å². The van der Waals surface area contributed by atoms with E-state index in [-0.39, 0.29) is 18.4 Å². The van der Waals surface area contributed by atoms with Gasteiger partial charge in [-0.2, -0.15) is 0 Å². The number of anilines is 1. The number of piperidine rings is 1. The highest BCUT2D eigenvalue weighted by atomic mass is 16.3. The van der Waals surface area contributed by atoms with E-state index in [1.165, 1.54) is 0 Å². The van der Waals surface area contributed by atoms with Gasteiger partial charge in [-0.1, -0.05) is 18.2 Å². The minimum Gasteiger partial charge on any atom is -0.396 e. The Labute approximate surface area is 89.3 Å². The molecule has 0 saturated carbocycles. The second-order valence-corrected chi connectivity index (χ2v) is 3.85. The zero-order valence-electron chi connectivity index (χ0n) is 8.60. The first kappa shape index (κ1) is 10.2. The van der Waals surface area contributed by atoms with Crippen LogP contribution < -0.4 is 4.90 Å². The highest BCUT2D eigenvalue weighted by molar-refractivity contribution is 5.95. The number of hydrogen-bond acceptors (Lipinski definition) is 2. The minimum atomic E-state index is -0.209. The molecule has 0 aromatic heterocycles. The second-order valence-electron chi connectivity index (χ2n) is 3.85. The summed E-state index contributed by atoms with van der Waals surface area (Å²) >= 11 is 0. The number of rotatable bonds is 2. The highest BCUT2D eigenvalue weighted by Gasteiger charge is 2.28. The molecule has 0 bridgehead atoms. The van der Waals surface area contributed by atoms with Crippen molar-refractivity contribution in [3.63, 3.8) is 0 Å². The number of aliphatic hydroxyl groups excluding tert-OH is 1. The van der Waals surface area contributed by atoms with Crippen molar-refractivity contribution in [2.24, 2.45) is 5.92 Å². The van der Waals surface area contributed by atoms with Crippen molar-refractivity contribution in [2.75, 3.05) is 18.1 Å². The summed E-state index contributed by atoms with van der Waals surface area (Å²) in [7, 11) is 0. The molecule has 15 heavy (non-hydrogen) atoms. The average Bonchev–Trinajstić information content (AvgIpc) is 2.30. The van der Waals surface area contributed by atoms with Crippen molar-refractivity contribution in [1.29, 1.82) is 0 Å². The van der Waals surface area contributed by atoms with Crippen molar-refractivity contribution in [3.8, 4) is 0 Å². The van der Waals surface area contributed by atoms with E-state index >= 15 is 0 Å². The van der Waals surface area contributed by atoms with Gasteiger partial charge in [-0.3, -0.25) is 4.79 Å². The monoisotopic (exact) mass is 205 g/mol. The number of aliphatic hydroxyl groups is 1. The molecule has 0 aliphatic carbocycles. The number of carbonyl (C=O) groups is 1. The van der Waals surface area contributed by atoms with E-state index in [2.05, 4.69) is 0 Å². The van der Waals surface area contributed by atoms with Crippen LogP contribution in [0.3, 0.4) is 0 Å². The van der Waals surface area contributed by atoms with E-state index in [1.54, 1.807) is 4.90 Å². The number of benzene rings is 1. The van der Waals surface area contributed by atoms with Crippen LogP contribution >= 0.6 is 0 Å². The Balaban J connectivity index is 2.19. The van der Waals surface area contributed by atoms with Crippen molar-refractivity contribution in [2.45, 2.75) is 12.8 Å². The van der Waals surface area contributed by atoms with Gasteiger partial charge in [-0.05, 0) is 25.0 Å². The molecule has 1 aliphatic heterocycles. The van der Waals surface area contributed by atoms with Crippen LogP contribution in [0, 0.1) is 5.92 Å². The summed E-state index contributed by atoms with van der Waals surface area (Å²) in [6.45, 7) is 0.724. The smallest absolute Gasteiger partial charge is 0.232 e. The van der Waals surface area contributed by atoms with Crippen molar-refractivity contribution < 1.29 is 9.90 Å². The fourth-order valence-corrected chi connectivity index (χ4v) is 1.98. The van der Waals surface area contributed by atoms with Crippen molar-refractivity contribution >= 4 is 11.6 Å². The molecule has 1 amide bonds. The van der Waals surface area contributed by atoms with Crippen LogP contribution in [0.15, 0.2) is 30.3 Å². The number of para-hydroxylation sites is 1. The van der Waals surface area contributed by atoms with Gasteiger partial charge in [-0.25, -0.2) is 0 Å². The van der Waals surface area contributed by atoms with E-state index in [0.717, 1.165) is 25.1 Å². The summed E-state index contributed by atoms with van der Waals surface area (Å²) in [6, 6.07) is 9.63. The van der Waals surface area contributed by atoms with Gasteiger partial charge in [0, 0.05) is 12.2 Å². The molecule has 1 fully saturated rings. The predicted molar refractivity (Wildman–Crippen MR) is 58.6 cm³/mol. The zero-order valence-corrected chi connectivity index (χ0v) is 8.60. The maximum absolute atomic E-state index is 11.9. The molecule has 2 rings (SSSR count). The molecule has 1 aliphatic rings. The van der Waals surface area contributed by atoms with Crippen LogP contribution in [-0.4, -0.2) is 24.2 Å². The lowest BCUT2D eigenvalue weighted by Crippen LogP contribution is -2.42. The molecule has 3 heteroatoms. The summed E-state index contributed by atoms with van der Waals surface area (Å²) in [5.41, 5.74) is 0.931. The maximum atomic E-state index is 11.9. The molecule has 1 unspecified atom stereocenters. The molecule has 0 radical (unpaired) electrons. The van der Waals surface area contributed by atoms with Crippen LogP contribution in [0.25, 0.3) is 0 Å². The number of nitrogens with zero attached hydrogens (tertiary/aromatic N) is 1. The molecule has 1 heterocycles. The topological polar surface area (TPSA) is 40.5 Å². The molecule has 0 spiro atoms. The lowest BCUT2D eigenvalue weighted by molar-refractivity contribution is -0.125. The Kier molecular flexibility index (Phi) is 3.02. The van der Waals surface area contributed by atoms with Gasteiger partial charge in [0.25, 0.3) is 0 Å². The summed E-state index contributed by atoms with van der Waals surface area (Å²) in [6.07, 6.45) is 1.77. The van der Waals surface area contributed by atoms with Crippen LogP contribution in [0.1, 0.15) is 12.8 Å². The largest absolute Gasteiger partial charge is 0.396 e. The normalized spacial score (nSPS) is 21.8. The third-order valence-corrected chi connectivity index (χ3v) is 2.84. The Morgan fingerprint density at radius 2 is 2.07 bits per heavy atom. The van der Waals surface area contributed by atoms with Gasteiger partial charge in [-0.15, -0.1) is 0 Å². The van der Waals surface area contributed by atoms with Gasteiger partial charge in [0.1, 0.15) is 0 Å². The van der Waals surface area contributed by atoms with Crippen LogP contribution in [-0.2, 0) is 4.79 Å². The first-order valence-electron chi connectivity index (χ1n) is 5.30. The summed E-state index contributed by atoms with van der Waals surface area (Å²) in [5, 5.41) is 9.08. The van der Waals surface area contributed by atoms with E-state index in [9.17, 15) is 4.79 Å². The fourth-order valence-electron chi connectivity index (χ4n) is 1.98. The molecule has 1 atom stereocenters. The van der Waals surface area contributed by atoms with Gasteiger partial charge < -0.3 is 10.0 Å². The predicted octanol–water partition coefficient (Wildman–Crippen LogP) is 1.42. The van der Waals surface area contributed by atoms with Crippen LogP contribution in [0.4, 0.5) is 5.69 Å². The van der Waals surface area contributed by atoms with E-state index in [1.807, 2.05) is 30.3 Å². The summed E-state index contributed by atoms with van der Waals surface area (Å²) in [4.78, 5) is 13.7. The Morgan fingerprint density at radius 3 is 2.73 bits per heavy atom. The third kappa shape index (κ3) is 2.02. The molecule has 1 aromatic rings. The van der Waals surface area contributed by atoms with E-state index < -0.39 is 0 Å². The molecular formula is C12H15NO2. The maximum Gasteiger partial charge on any atom is 0.232 e. The van der Waals surface area contributed by atoms with E-state index in [0.29, 0.717) is 0 Å². The van der Waals surface area contributed by atoms with Crippen molar-refractivity contribution in [1.82, 2.24) is 0 Å². The molecule has 1 aromatic carbocycles. The molecule has 80 valence electrons. The van der Waals surface area contributed by atoms with Gasteiger partial charge in [0.15, 0.2) is 0 Å². The summed E-state index contributed by atoms with van der Waals surface area (Å²) in [5.74, 6) is -0.158. The summed E-state index contributed by atoms with van der Waals surface area (Å²) < 4.78 is 0. The van der Waals surface area contributed by atoms with E-state index in [4.69, 9.17) is 5.11 Å². The molecule has 1 saturated heterocycles. The third-order valence-electron chi connectivity index (χ3n) is 2.84. The van der Waals surface area contributed by atoms with Gasteiger partial charge in [0.05, 0.1) is 12.5 Å². The average molecular weight is 205 g/mol. The molecule has 3 nitrogen and oxygen atoms in total. The Bertz CT molecular complexity index is 337. The highest BCUT2D eigenvalue weighted by Crippen LogP contribution is 2.23. The molecular weight excluding hydrogens is 190 g/mol. The van der Waals surface area contributed by atoms with Gasteiger partial charge in [0.2, 0.25) is 5.91 Å². The minimum absolute atomic E-state index is 0.0395. The second kappa shape index (κ2) is 4.45. The lowest BCUT2D eigenvalue weighted by atomic mass is 9.97. The zero-order chi connectivity index (χ0) is 10.7. The first-order valence-corrected chi connectivity index (χ1v) is 5.30. The quantitative estimate of drug-likeness (QED) is 0.793. The SMILES string of the molecule is O=C1C(CO)CCCN1c1ccccc1. The van der Waals surface area contributed by atoms with Crippen LogP contribution in [0.5, 0.6) is 0 Å². The number of carbonyl (C=O) groups excluding carboxylic acids is 1. The van der Waals surface area contributed by atoms with Gasteiger partial charge >= 0.3 is 0 Å². The Morgan fingerprint density at radius 1 is 1.33 bits per heavy atom. The lowest BCUT2D eigenvalue weighted by Gasteiger charge is -2.31. The molecule has 1 N–H and O–H groups in total.